The average molecular weight is 225 g/mol. The lowest BCUT2D eigenvalue weighted by atomic mass is 10.4. The van der Waals surface area contributed by atoms with Gasteiger partial charge in [0.25, 0.3) is 5.78 Å². The normalized spacial score (nSPS) is 11.8. The van der Waals surface area contributed by atoms with E-state index in [1.807, 2.05) is 0 Å². The lowest BCUT2D eigenvalue weighted by molar-refractivity contribution is -0.0885. The molecule has 0 aliphatic rings. The molecule has 0 bridgehead atoms. The first kappa shape index (κ1) is 11.1. The summed E-state index contributed by atoms with van der Waals surface area (Å²) >= 11 is 0.564. The summed E-state index contributed by atoms with van der Waals surface area (Å²) in [4.78, 5) is 14.4. The molecule has 78 valence electrons. The predicted octanol–water partition coefficient (Wildman–Crippen LogP) is 1.69. The molecule has 14 heavy (non-hydrogen) atoms. The Morgan fingerprint density at radius 3 is 2.50 bits per heavy atom. The average Bonchev–Trinajstić information content (AvgIpc) is 2.43. The van der Waals surface area contributed by atoms with Crippen molar-refractivity contribution < 1.29 is 23.1 Å². The van der Waals surface area contributed by atoms with Gasteiger partial charge in [-0.25, -0.2) is 4.98 Å². The summed E-state index contributed by atoms with van der Waals surface area (Å²) in [5, 5.41) is 8.07. The number of aliphatic hydroxyl groups excluding tert-OH is 1. The maximum Gasteiger partial charge on any atom is 0.457 e. The molecule has 1 rings (SSSR count). The fourth-order valence-electron chi connectivity index (χ4n) is 0.793. The molecule has 1 N–H and O–H groups in total. The van der Waals surface area contributed by atoms with Gasteiger partial charge in [0.2, 0.25) is 0 Å². The Balaban J connectivity index is 3.03. The number of aliphatic hydroxyl groups is 1. The number of carbonyl (C=O) groups excluding carboxylic acids is 1. The van der Waals surface area contributed by atoms with Crippen LogP contribution in [0.2, 0.25) is 0 Å². The molecule has 0 saturated carbocycles. The molecule has 0 atom stereocenters. The molecular weight excluding hydrogens is 219 g/mol. The summed E-state index contributed by atoms with van der Waals surface area (Å²) in [6.45, 7) is 1.03. The van der Waals surface area contributed by atoms with Crippen LogP contribution in [0.15, 0.2) is 0 Å². The summed E-state index contributed by atoms with van der Waals surface area (Å²) in [5.74, 6) is -1.97. The monoisotopic (exact) mass is 225 g/mol. The molecule has 0 amide bonds. The van der Waals surface area contributed by atoms with Crippen LogP contribution in [0.25, 0.3) is 0 Å². The Labute approximate surface area is 81.2 Å². The van der Waals surface area contributed by atoms with Gasteiger partial charge in [-0.05, 0) is 6.92 Å². The summed E-state index contributed by atoms with van der Waals surface area (Å²) in [7, 11) is 0. The second kappa shape index (κ2) is 3.66. The minimum absolute atomic E-state index is 0.255. The standard InChI is InChI=1S/C7H6F3NO2S/c1-3-4(2-12)14-6(11-3)5(13)7(8,9)10/h12H,2H2,1H3. The van der Waals surface area contributed by atoms with Gasteiger partial charge in [0, 0.05) is 0 Å². The molecule has 1 heterocycles. The Morgan fingerprint density at radius 1 is 1.57 bits per heavy atom. The van der Waals surface area contributed by atoms with E-state index in [9.17, 15) is 18.0 Å². The summed E-state index contributed by atoms with van der Waals surface area (Å²) < 4.78 is 35.8. The number of carbonyl (C=O) groups is 1. The fraction of sp³-hybridized carbons (Fsp3) is 0.429. The molecule has 1 aromatic rings. The van der Waals surface area contributed by atoms with Crippen LogP contribution in [0.4, 0.5) is 13.2 Å². The van der Waals surface area contributed by atoms with Gasteiger partial charge in [-0.1, -0.05) is 0 Å². The minimum Gasteiger partial charge on any atom is -0.391 e. The van der Waals surface area contributed by atoms with Crippen molar-refractivity contribution in [1.29, 1.82) is 0 Å². The van der Waals surface area contributed by atoms with E-state index in [-0.39, 0.29) is 10.6 Å². The number of rotatable bonds is 2. The van der Waals surface area contributed by atoms with Crippen LogP contribution in [0, 0.1) is 6.92 Å². The highest BCUT2D eigenvalue weighted by molar-refractivity contribution is 7.13. The third-order valence-corrected chi connectivity index (χ3v) is 2.63. The molecule has 0 aliphatic heterocycles. The van der Waals surface area contributed by atoms with Crippen molar-refractivity contribution in [1.82, 2.24) is 4.98 Å². The Bertz CT molecular complexity index is 358. The van der Waals surface area contributed by atoms with Crippen LogP contribution in [0.5, 0.6) is 0 Å². The van der Waals surface area contributed by atoms with E-state index < -0.39 is 23.6 Å². The first-order valence-corrected chi connectivity index (χ1v) is 4.36. The van der Waals surface area contributed by atoms with Crippen molar-refractivity contribution in [2.24, 2.45) is 0 Å². The van der Waals surface area contributed by atoms with E-state index in [0.717, 1.165) is 0 Å². The van der Waals surface area contributed by atoms with E-state index >= 15 is 0 Å². The van der Waals surface area contributed by atoms with E-state index in [1.54, 1.807) is 0 Å². The summed E-state index contributed by atoms with van der Waals surface area (Å²) in [6, 6.07) is 0. The Kier molecular flexibility index (Phi) is 2.91. The zero-order valence-electron chi connectivity index (χ0n) is 7.05. The molecule has 0 fully saturated rings. The van der Waals surface area contributed by atoms with E-state index in [2.05, 4.69) is 4.98 Å². The van der Waals surface area contributed by atoms with Crippen molar-refractivity contribution in [3.05, 3.63) is 15.6 Å². The topological polar surface area (TPSA) is 50.2 Å². The van der Waals surface area contributed by atoms with Crippen molar-refractivity contribution in [2.45, 2.75) is 19.7 Å². The highest BCUT2D eigenvalue weighted by Gasteiger charge is 2.41. The van der Waals surface area contributed by atoms with Gasteiger partial charge >= 0.3 is 6.18 Å². The first-order valence-electron chi connectivity index (χ1n) is 3.55. The number of hydrogen-bond donors (Lipinski definition) is 1. The third-order valence-electron chi connectivity index (χ3n) is 1.49. The highest BCUT2D eigenvalue weighted by atomic mass is 32.1. The molecule has 7 heteroatoms. The quantitative estimate of drug-likeness (QED) is 0.779. The molecule has 0 aliphatic carbocycles. The third kappa shape index (κ3) is 2.10. The highest BCUT2D eigenvalue weighted by Crippen LogP contribution is 2.26. The number of Topliss-reactive ketones (excluding diaryl/α,β-unsaturated/α-hetero) is 1. The number of ketones is 1. The summed E-state index contributed by atoms with van der Waals surface area (Å²) in [5.41, 5.74) is 0.255. The van der Waals surface area contributed by atoms with Crippen LogP contribution >= 0.6 is 11.3 Å². The van der Waals surface area contributed by atoms with Gasteiger partial charge in [0.05, 0.1) is 17.2 Å². The number of aromatic nitrogens is 1. The number of halogens is 3. The van der Waals surface area contributed by atoms with Gasteiger partial charge in [0.15, 0.2) is 5.01 Å². The number of thiazole rings is 1. The van der Waals surface area contributed by atoms with Crippen molar-refractivity contribution in [2.75, 3.05) is 0 Å². The summed E-state index contributed by atoms with van der Waals surface area (Å²) in [6.07, 6.45) is -4.91. The Hall–Kier alpha value is -0.950. The number of alkyl halides is 3. The second-order valence-electron chi connectivity index (χ2n) is 2.51. The van der Waals surface area contributed by atoms with Gasteiger partial charge in [0.1, 0.15) is 0 Å². The SMILES string of the molecule is Cc1nc(C(=O)C(F)(F)F)sc1CO. The number of nitrogens with zero attached hydrogens (tertiary/aromatic N) is 1. The van der Waals surface area contributed by atoms with Gasteiger partial charge in [-0.15, -0.1) is 11.3 Å². The maximum absolute atomic E-state index is 11.9. The van der Waals surface area contributed by atoms with Crippen molar-refractivity contribution >= 4 is 17.1 Å². The van der Waals surface area contributed by atoms with Gasteiger partial charge in [-0.3, -0.25) is 4.79 Å². The van der Waals surface area contributed by atoms with Crippen LogP contribution in [0.1, 0.15) is 20.4 Å². The van der Waals surface area contributed by atoms with E-state index in [4.69, 9.17) is 5.11 Å². The molecular formula is C7H6F3NO2S. The zero-order chi connectivity index (χ0) is 10.9. The maximum atomic E-state index is 11.9. The molecule has 0 radical (unpaired) electrons. The molecule has 0 saturated heterocycles. The number of aryl methyl sites for hydroxylation is 1. The van der Waals surface area contributed by atoms with Crippen LogP contribution in [-0.4, -0.2) is 22.1 Å². The van der Waals surface area contributed by atoms with Gasteiger partial charge in [-0.2, -0.15) is 13.2 Å². The van der Waals surface area contributed by atoms with E-state index in [1.165, 1.54) is 6.92 Å². The van der Waals surface area contributed by atoms with Crippen LogP contribution in [-0.2, 0) is 6.61 Å². The largest absolute Gasteiger partial charge is 0.457 e. The Morgan fingerprint density at radius 2 is 2.14 bits per heavy atom. The number of hydrogen-bond acceptors (Lipinski definition) is 4. The second-order valence-corrected chi connectivity index (χ2v) is 3.60. The molecule has 3 nitrogen and oxygen atoms in total. The predicted molar refractivity (Wildman–Crippen MR) is 43.2 cm³/mol. The molecule has 0 spiro atoms. The van der Waals surface area contributed by atoms with Crippen LogP contribution < -0.4 is 0 Å². The van der Waals surface area contributed by atoms with Crippen LogP contribution in [0.3, 0.4) is 0 Å². The minimum atomic E-state index is -4.91. The zero-order valence-corrected chi connectivity index (χ0v) is 7.87. The van der Waals surface area contributed by atoms with Crippen molar-refractivity contribution in [3.63, 3.8) is 0 Å². The fourth-order valence-corrected chi connectivity index (χ4v) is 1.68. The molecule has 1 aromatic heterocycles. The lowest BCUT2D eigenvalue weighted by Crippen LogP contribution is -2.22. The first-order chi connectivity index (χ1) is 6.36. The lowest BCUT2D eigenvalue weighted by Gasteiger charge is -1.99. The van der Waals surface area contributed by atoms with Gasteiger partial charge < -0.3 is 5.11 Å². The molecule has 0 aromatic carbocycles. The van der Waals surface area contributed by atoms with E-state index in [0.29, 0.717) is 11.3 Å². The smallest absolute Gasteiger partial charge is 0.391 e. The van der Waals surface area contributed by atoms with Crippen molar-refractivity contribution in [3.8, 4) is 0 Å². The molecule has 0 unspecified atom stereocenters.